The van der Waals surface area contributed by atoms with Gasteiger partial charge in [0.05, 0.1) is 30.4 Å². The number of ether oxygens (including phenoxy) is 1. The number of nitriles is 1. The Morgan fingerprint density at radius 1 is 1.48 bits per heavy atom. The Balaban J connectivity index is 1.79. The highest BCUT2D eigenvalue weighted by Gasteiger charge is 2.14. The molecule has 1 aliphatic heterocycles. The van der Waals surface area contributed by atoms with Gasteiger partial charge in [-0.05, 0) is 44.1 Å². The summed E-state index contributed by atoms with van der Waals surface area (Å²) in [5.41, 5.74) is 0.837. The Morgan fingerprint density at radius 3 is 2.95 bits per heavy atom. The van der Waals surface area contributed by atoms with E-state index in [-0.39, 0.29) is 18.4 Å². The highest BCUT2D eigenvalue weighted by atomic mass is 35.5. The zero-order valence-electron chi connectivity index (χ0n) is 11.7. The van der Waals surface area contributed by atoms with Gasteiger partial charge in [-0.25, -0.2) is 0 Å². The van der Waals surface area contributed by atoms with Crippen LogP contribution in [0.1, 0.15) is 24.8 Å². The Labute approximate surface area is 129 Å². The van der Waals surface area contributed by atoms with Crippen molar-refractivity contribution in [1.29, 1.82) is 5.26 Å². The maximum atomic E-state index is 11.9. The van der Waals surface area contributed by atoms with Crippen molar-refractivity contribution >= 4 is 23.2 Å². The highest BCUT2D eigenvalue weighted by molar-refractivity contribution is 6.31. The van der Waals surface area contributed by atoms with Crippen LogP contribution in [0.4, 0.5) is 5.69 Å². The molecule has 1 saturated heterocycles. The van der Waals surface area contributed by atoms with Crippen LogP contribution in [0.15, 0.2) is 18.2 Å². The summed E-state index contributed by atoms with van der Waals surface area (Å²) in [5, 5.41) is 15.4. The molecule has 1 aromatic carbocycles. The van der Waals surface area contributed by atoms with E-state index in [2.05, 4.69) is 10.6 Å². The third-order valence-electron chi connectivity index (χ3n) is 3.35. The lowest BCUT2D eigenvalue weighted by Gasteiger charge is -2.22. The molecule has 1 aromatic rings. The monoisotopic (exact) mass is 307 g/mol. The number of nitrogens with zero attached hydrogens (tertiary/aromatic N) is 1. The Kier molecular flexibility index (Phi) is 6.00. The molecule has 0 unspecified atom stereocenters. The van der Waals surface area contributed by atoms with Gasteiger partial charge in [-0.2, -0.15) is 5.26 Å². The molecule has 0 bridgehead atoms. The zero-order chi connectivity index (χ0) is 15.1. The second kappa shape index (κ2) is 7.99. The second-order valence-corrected chi connectivity index (χ2v) is 5.36. The smallest absolute Gasteiger partial charge is 0.226 e. The van der Waals surface area contributed by atoms with Crippen LogP contribution in [-0.4, -0.2) is 31.7 Å². The molecule has 0 atom stereocenters. The summed E-state index contributed by atoms with van der Waals surface area (Å²) in [4.78, 5) is 11.9. The molecule has 6 heteroatoms. The summed E-state index contributed by atoms with van der Waals surface area (Å²) in [6.07, 6.45) is 2.46. The number of hydrogen-bond acceptors (Lipinski definition) is 4. The maximum absolute atomic E-state index is 11.9. The van der Waals surface area contributed by atoms with Crippen molar-refractivity contribution < 1.29 is 9.53 Å². The number of rotatable bonds is 5. The minimum absolute atomic E-state index is 0.178. The van der Waals surface area contributed by atoms with Crippen LogP contribution in [0.2, 0.25) is 5.02 Å². The largest absolute Gasteiger partial charge is 0.378 e. The van der Waals surface area contributed by atoms with Crippen molar-refractivity contribution in [2.45, 2.75) is 25.4 Å². The van der Waals surface area contributed by atoms with Gasteiger partial charge in [-0.3, -0.25) is 4.79 Å². The molecule has 1 fully saturated rings. The Hall–Kier alpha value is -1.61. The van der Waals surface area contributed by atoms with E-state index in [1.807, 2.05) is 6.07 Å². The fourth-order valence-electron chi connectivity index (χ4n) is 2.21. The van der Waals surface area contributed by atoms with E-state index in [0.29, 0.717) is 22.9 Å². The topological polar surface area (TPSA) is 74.2 Å². The van der Waals surface area contributed by atoms with Crippen LogP contribution in [0.5, 0.6) is 0 Å². The minimum Gasteiger partial charge on any atom is -0.378 e. The van der Waals surface area contributed by atoms with Crippen molar-refractivity contribution in [2.75, 3.05) is 25.0 Å². The molecule has 112 valence electrons. The molecule has 1 aliphatic rings. The lowest BCUT2D eigenvalue weighted by molar-refractivity contribution is -0.117. The first-order valence-corrected chi connectivity index (χ1v) is 7.38. The summed E-state index contributed by atoms with van der Waals surface area (Å²) in [6, 6.07) is 6.81. The number of amides is 1. The quantitative estimate of drug-likeness (QED) is 0.875. The second-order valence-electron chi connectivity index (χ2n) is 4.92. The molecule has 0 spiro atoms. The van der Waals surface area contributed by atoms with E-state index in [1.165, 1.54) is 0 Å². The Bertz CT molecular complexity index is 536. The number of nitrogens with one attached hydrogen (secondary N) is 2. The predicted octanol–water partition coefficient (Wildman–Crippen LogP) is 2.31. The van der Waals surface area contributed by atoms with E-state index in [9.17, 15) is 4.79 Å². The number of halogens is 1. The summed E-state index contributed by atoms with van der Waals surface area (Å²) in [7, 11) is 0. The standard InChI is InChI=1S/C15H18ClN3O2/c16-12-2-1-11(10-17)14(9-12)19-15(20)5-8-21-13-3-6-18-7-4-13/h1-2,9,13,18H,3-8H2,(H,19,20). The highest BCUT2D eigenvalue weighted by Crippen LogP contribution is 2.20. The number of piperidine rings is 1. The SMILES string of the molecule is N#Cc1ccc(Cl)cc1NC(=O)CCOC1CCNCC1. The van der Waals surface area contributed by atoms with E-state index < -0.39 is 0 Å². The van der Waals surface area contributed by atoms with E-state index >= 15 is 0 Å². The summed E-state index contributed by atoms with van der Waals surface area (Å²) < 4.78 is 5.68. The molecule has 1 amide bonds. The number of carbonyl (C=O) groups excluding carboxylic acids is 1. The third-order valence-corrected chi connectivity index (χ3v) is 3.58. The minimum atomic E-state index is -0.178. The number of anilines is 1. The first-order valence-electron chi connectivity index (χ1n) is 7.01. The van der Waals surface area contributed by atoms with Gasteiger partial charge in [0.1, 0.15) is 6.07 Å². The average Bonchev–Trinajstić information content (AvgIpc) is 2.48. The predicted molar refractivity (Wildman–Crippen MR) is 81.3 cm³/mol. The van der Waals surface area contributed by atoms with E-state index in [4.69, 9.17) is 21.6 Å². The molecule has 2 rings (SSSR count). The maximum Gasteiger partial charge on any atom is 0.226 e. The summed E-state index contributed by atoms with van der Waals surface area (Å²) in [5.74, 6) is -0.178. The molecule has 0 radical (unpaired) electrons. The van der Waals surface area contributed by atoms with Crippen LogP contribution in [0.3, 0.4) is 0 Å². The molecular weight excluding hydrogens is 290 g/mol. The fourth-order valence-corrected chi connectivity index (χ4v) is 2.38. The molecule has 1 heterocycles. The van der Waals surface area contributed by atoms with Gasteiger partial charge >= 0.3 is 0 Å². The zero-order valence-corrected chi connectivity index (χ0v) is 12.4. The normalized spacial score (nSPS) is 15.4. The number of hydrogen-bond donors (Lipinski definition) is 2. The lowest BCUT2D eigenvalue weighted by atomic mass is 10.1. The third kappa shape index (κ3) is 5.01. The van der Waals surface area contributed by atoms with Crippen LogP contribution >= 0.6 is 11.6 Å². The van der Waals surface area contributed by atoms with Crippen LogP contribution in [0.25, 0.3) is 0 Å². The Morgan fingerprint density at radius 2 is 2.24 bits per heavy atom. The van der Waals surface area contributed by atoms with Gasteiger partial charge in [0.2, 0.25) is 5.91 Å². The number of benzene rings is 1. The summed E-state index contributed by atoms with van der Waals surface area (Å²) >= 11 is 5.87. The first kappa shape index (κ1) is 15.8. The van der Waals surface area contributed by atoms with Gasteiger partial charge < -0.3 is 15.4 Å². The summed E-state index contributed by atoms with van der Waals surface area (Å²) in [6.45, 7) is 2.31. The van der Waals surface area contributed by atoms with Gasteiger partial charge in [-0.1, -0.05) is 11.6 Å². The average molecular weight is 308 g/mol. The molecular formula is C15H18ClN3O2. The van der Waals surface area contributed by atoms with Gasteiger partial charge in [-0.15, -0.1) is 0 Å². The van der Waals surface area contributed by atoms with Gasteiger partial charge in [0.25, 0.3) is 0 Å². The van der Waals surface area contributed by atoms with Crippen molar-refractivity contribution in [3.05, 3.63) is 28.8 Å². The molecule has 5 nitrogen and oxygen atoms in total. The number of carbonyl (C=O) groups is 1. The molecule has 21 heavy (non-hydrogen) atoms. The molecule has 2 N–H and O–H groups in total. The van der Waals surface area contributed by atoms with E-state index in [1.54, 1.807) is 18.2 Å². The van der Waals surface area contributed by atoms with Crippen LogP contribution < -0.4 is 10.6 Å². The molecule has 0 saturated carbocycles. The van der Waals surface area contributed by atoms with Crippen molar-refractivity contribution in [3.63, 3.8) is 0 Å². The van der Waals surface area contributed by atoms with Crippen molar-refractivity contribution in [3.8, 4) is 6.07 Å². The van der Waals surface area contributed by atoms with Crippen molar-refractivity contribution in [1.82, 2.24) is 5.32 Å². The van der Waals surface area contributed by atoms with E-state index in [0.717, 1.165) is 25.9 Å². The first-order chi connectivity index (χ1) is 10.2. The molecule has 0 aliphatic carbocycles. The molecule has 0 aromatic heterocycles. The lowest BCUT2D eigenvalue weighted by Crippen LogP contribution is -2.33. The van der Waals surface area contributed by atoms with Gasteiger partial charge in [0.15, 0.2) is 0 Å². The van der Waals surface area contributed by atoms with Crippen molar-refractivity contribution in [2.24, 2.45) is 0 Å². The van der Waals surface area contributed by atoms with Crippen LogP contribution in [-0.2, 0) is 9.53 Å². The fraction of sp³-hybridized carbons (Fsp3) is 0.467. The van der Waals surface area contributed by atoms with Crippen LogP contribution in [0, 0.1) is 11.3 Å². The van der Waals surface area contributed by atoms with Gasteiger partial charge in [0, 0.05) is 5.02 Å².